The summed E-state index contributed by atoms with van der Waals surface area (Å²) >= 11 is 0. The minimum absolute atomic E-state index is 0.0564. The number of rotatable bonds is 9. The van der Waals surface area contributed by atoms with Crippen molar-refractivity contribution in [2.45, 2.75) is 84.8 Å². The van der Waals surface area contributed by atoms with E-state index in [1.165, 1.54) is 7.11 Å². The number of carbonyl (C=O) groups excluding carboxylic acids is 3. The molecule has 0 unspecified atom stereocenters. The van der Waals surface area contributed by atoms with Gasteiger partial charge >= 0.3 is 6.09 Å². The van der Waals surface area contributed by atoms with Crippen LogP contribution in [-0.4, -0.2) is 73.9 Å². The number of nitrogens with one attached hydrogen (secondary N) is 3. The number of aromatic nitrogens is 4. The van der Waals surface area contributed by atoms with Gasteiger partial charge in [0.15, 0.2) is 0 Å². The summed E-state index contributed by atoms with van der Waals surface area (Å²) < 4.78 is 20.8. The molecule has 3 aromatic carbocycles. The second-order valence-electron chi connectivity index (χ2n) is 16.7. The van der Waals surface area contributed by atoms with Gasteiger partial charge in [-0.15, -0.1) is 0 Å². The van der Waals surface area contributed by atoms with Crippen LogP contribution in [0.4, 0.5) is 9.18 Å². The Balaban J connectivity index is 1.03. The van der Waals surface area contributed by atoms with Crippen LogP contribution in [0.5, 0.6) is 0 Å². The number of fused-ring (bicyclic) bond motifs is 2. The highest BCUT2D eigenvalue weighted by Crippen LogP contribution is 2.58. The molecular formula is C43H50FN7O4. The Kier molecular flexibility index (Phi) is 9.41. The van der Waals surface area contributed by atoms with E-state index in [-0.39, 0.29) is 52.9 Å². The largest absolute Gasteiger partial charge is 0.453 e. The van der Waals surface area contributed by atoms with Crippen LogP contribution in [-0.2, 0) is 14.3 Å². The summed E-state index contributed by atoms with van der Waals surface area (Å²) in [4.78, 5) is 59.6. The van der Waals surface area contributed by atoms with Crippen molar-refractivity contribution in [1.82, 2.24) is 35.1 Å². The Morgan fingerprint density at radius 1 is 0.891 bits per heavy atom. The summed E-state index contributed by atoms with van der Waals surface area (Å²) in [6.45, 7) is 11.3. The molecule has 2 aliphatic heterocycles. The van der Waals surface area contributed by atoms with Crippen molar-refractivity contribution in [3.05, 3.63) is 72.2 Å². The molecule has 3 N–H and O–H groups in total. The lowest BCUT2D eigenvalue weighted by Crippen LogP contribution is -2.51. The fourth-order valence-corrected chi connectivity index (χ4v) is 8.48. The zero-order chi connectivity index (χ0) is 38.8. The Morgan fingerprint density at radius 3 is 2.40 bits per heavy atom. The van der Waals surface area contributed by atoms with Crippen LogP contribution in [0, 0.1) is 29.0 Å². The van der Waals surface area contributed by atoms with Gasteiger partial charge < -0.3 is 29.8 Å². The SMILES string of the molecule is COC(=O)N[C@H](C(=O)N1CC2(CC2)C[C@H]1c1nc2ccc(-c3cc(F)c4cc(-c5cnc([C@@H]6CCCN6C(=O)[C@@H](C)C(C)C)[nH]5)ccc4c3)cc2[nH]1)C(C)C. The molecule has 1 aliphatic carbocycles. The number of halogens is 1. The molecule has 4 heterocycles. The maximum Gasteiger partial charge on any atom is 0.407 e. The molecule has 1 spiro atoms. The number of H-pyrrole nitrogens is 2. The molecule has 3 amide bonds. The lowest BCUT2D eigenvalue weighted by Gasteiger charge is -2.30. The van der Waals surface area contributed by atoms with Crippen LogP contribution >= 0.6 is 0 Å². The number of methoxy groups -OCH3 is 1. The van der Waals surface area contributed by atoms with E-state index in [9.17, 15) is 14.4 Å². The highest BCUT2D eigenvalue weighted by atomic mass is 19.1. The molecule has 8 rings (SSSR count). The molecule has 0 bridgehead atoms. The predicted molar refractivity (Wildman–Crippen MR) is 209 cm³/mol. The molecule has 2 saturated heterocycles. The quantitative estimate of drug-likeness (QED) is 0.139. The molecule has 12 heteroatoms. The third kappa shape index (κ3) is 6.84. The number of aromatic amines is 2. The molecule has 4 atom stereocenters. The van der Waals surface area contributed by atoms with Crippen molar-refractivity contribution >= 4 is 39.7 Å². The average Bonchev–Trinajstić information content (AvgIpc) is 3.66. The van der Waals surface area contributed by atoms with E-state index in [0.717, 1.165) is 83.3 Å². The standard InChI is InChI=1S/C43H50FN7O4/c1-23(2)25(5)40(52)50-15-7-8-35(50)38-45-21-34(48-38)28-10-9-27-16-29(18-31(44)30(27)17-28)26-11-12-32-33(19-26)47-39(46-32)36-20-43(13-14-43)22-51(36)41(53)37(24(3)4)49-42(54)55-6/h9-12,16-19,21,23-25,35-37H,7-8,13-15,20,22H2,1-6H3,(H,45,48)(H,46,47)(H,49,54)/t25-,35-,36-,37-/m0/s1. The zero-order valence-corrected chi connectivity index (χ0v) is 32.4. The van der Waals surface area contributed by atoms with Crippen molar-refractivity contribution in [3.8, 4) is 22.4 Å². The van der Waals surface area contributed by atoms with Crippen molar-refractivity contribution in [3.63, 3.8) is 0 Å². The molecule has 288 valence electrons. The van der Waals surface area contributed by atoms with Gasteiger partial charge in [0.05, 0.1) is 42.1 Å². The number of nitrogens with zero attached hydrogens (tertiary/aromatic N) is 4. The Hall–Kier alpha value is -5.26. The fraction of sp³-hybridized carbons (Fsp3) is 0.465. The van der Waals surface area contributed by atoms with Gasteiger partial charge in [0.1, 0.15) is 23.5 Å². The average molecular weight is 748 g/mol. The number of benzene rings is 3. The number of hydrogen-bond donors (Lipinski definition) is 3. The number of hydrogen-bond acceptors (Lipinski definition) is 6. The highest BCUT2D eigenvalue weighted by Gasteiger charge is 2.55. The summed E-state index contributed by atoms with van der Waals surface area (Å²) in [6.07, 6.45) is 5.87. The van der Waals surface area contributed by atoms with Crippen LogP contribution in [0.1, 0.15) is 90.5 Å². The van der Waals surface area contributed by atoms with E-state index in [4.69, 9.17) is 9.72 Å². The second kappa shape index (κ2) is 14.1. The topological polar surface area (TPSA) is 136 Å². The first kappa shape index (κ1) is 36.7. The Morgan fingerprint density at radius 2 is 1.67 bits per heavy atom. The monoisotopic (exact) mass is 747 g/mol. The van der Waals surface area contributed by atoms with Gasteiger partial charge in [0.25, 0.3) is 0 Å². The van der Waals surface area contributed by atoms with Crippen molar-refractivity contribution in [2.24, 2.45) is 23.2 Å². The van der Waals surface area contributed by atoms with Crippen molar-refractivity contribution in [2.75, 3.05) is 20.2 Å². The second-order valence-corrected chi connectivity index (χ2v) is 16.7. The minimum atomic E-state index is -0.714. The van der Waals surface area contributed by atoms with Gasteiger partial charge in [-0.2, -0.15) is 0 Å². The molecule has 0 radical (unpaired) electrons. The lowest BCUT2D eigenvalue weighted by molar-refractivity contribution is -0.137. The van der Waals surface area contributed by atoms with Gasteiger partial charge in [-0.3, -0.25) is 9.59 Å². The van der Waals surface area contributed by atoms with Crippen molar-refractivity contribution in [1.29, 1.82) is 0 Å². The van der Waals surface area contributed by atoms with E-state index in [1.807, 2.05) is 73.0 Å². The summed E-state index contributed by atoms with van der Waals surface area (Å²) in [6, 6.07) is 14.1. The predicted octanol–water partition coefficient (Wildman–Crippen LogP) is 8.30. The number of likely N-dealkylation sites (tertiary alicyclic amines) is 2. The molecular weight excluding hydrogens is 698 g/mol. The minimum Gasteiger partial charge on any atom is -0.453 e. The first-order valence-corrected chi connectivity index (χ1v) is 19.6. The van der Waals surface area contributed by atoms with E-state index < -0.39 is 12.1 Å². The molecule has 3 fully saturated rings. The number of amides is 3. The smallest absolute Gasteiger partial charge is 0.407 e. The van der Waals surface area contributed by atoms with Crippen molar-refractivity contribution < 1.29 is 23.5 Å². The third-order valence-corrected chi connectivity index (χ3v) is 12.3. The third-order valence-electron chi connectivity index (χ3n) is 12.3. The molecule has 1 saturated carbocycles. The Labute approximate surface area is 320 Å². The van der Waals surface area contributed by atoms with Gasteiger partial charge in [0, 0.05) is 30.0 Å². The maximum absolute atomic E-state index is 15.9. The summed E-state index contributed by atoms with van der Waals surface area (Å²) in [7, 11) is 1.29. The molecule has 55 heavy (non-hydrogen) atoms. The molecule has 11 nitrogen and oxygen atoms in total. The van der Waals surface area contributed by atoms with E-state index >= 15 is 4.39 Å². The summed E-state index contributed by atoms with van der Waals surface area (Å²) in [5.41, 5.74) is 4.84. The molecule has 5 aromatic rings. The fourth-order valence-electron chi connectivity index (χ4n) is 8.48. The molecule has 3 aliphatic rings. The summed E-state index contributed by atoms with van der Waals surface area (Å²) in [5, 5.41) is 4.01. The van der Waals surface area contributed by atoms with Crippen LogP contribution in [0.25, 0.3) is 44.2 Å². The Bertz CT molecular complexity index is 2290. The first-order valence-electron chi connectivity index (χ1n) is 19.6. The van der Waals surface area contributed by atoms with Crippen LogP contribution in [0.3, 0.4) is 0 Å². The lowest BCUT2D eigenvalue weighted by atomic mass is 9.96. The zero-order valence-electron chi connectivity index (χ0n) is 32.4. The molecule has 2 aromatic heterocycles. The van der Waals surface area contributed by atoms with Gasteiger partial charge in [-0.1, -0.05) is 52.8 Å². The van der Waals surface area contributed by atoms with Crippen LogP contribution < -0.4 is 5.32 Å². The van der Waals surface area contributed by atoms with Gasteiger partial charge in [-0.05, 0) is 96.2 Å². The number of imidazole rings is 2. The van der Waals surface area contributed by atoms with E-state index in [1.54, 1.807) is 12.3 Å². The van der Waals surface area contributed by atoms with Crippen LogP contribution in [0.15, 0.2) is 54.7 Å². The maximum atomic E-state index is 15.9. The van der Waals surface area contributed by atoms with Crippen LogP contribution in [0.2, 0.25) is 0 Å². The number of alkyl carbamates (subject to hydrolysis) is 1. The highest BCUT2D eigenvalue weighted by molar-refractivity contribution is 5.92. The number of ether oxygens (including phenoxy) is 1. The van der Waals surface area contributed by atoms with E-state index in [2.05, 4.69) is 34.1 Å². The number of carbonyl (C=O) groups is 3. The normalized spacial score (nSPS) is 20.2. The van der Waals surface area contributed by atoms with Gasteiger partial charge in [-0.25, -0.2) is 19.2 Å². The summed E-state index contributed by atoms with van der Waals surface area (Å²) in [5.74, 6) is 1.25. The van der Waals surface area contributed by atoms with E-state index in [0.29, 0.717) is 17.8 Å². The van der Waals surface area contributed by atoms with Gasteiger partial charge in [0.2, 0.25) is 11.8 Å². The first-order chi connectivity index (χ1) is 26.3.